The van der Waals surface area contributed by atoms with Crippen LogP contribution in [0.4, 0.5) is 13.2 Å². The highest BCUT2D eigenvalue weighted by Gasteiger charge is 2.35. The lowest BCUT2D eigenvalue weighted by molar-refractivity contribution is -0.141. The molecule has 0 aliphatic carbocycles. The van der Waals surface area contributed by atoms with Crippen molar-refractivity contribution in [2.75, 3.05) is 13.1 Å². The van der Waals surface area contributed by atoms with E-state index in [-0.39, 0.29) is 18.1 Å². The lowest BCUT2D eigenvalue weighted by Gasteiger charge is -2.30. The summed E-state index contributed by atoms with van der Waals surface area (Å²) in [7, 11) is -2.15. The normalized spacial score (nSPS) is 19.5. The number of halogens is 3. The lowest BCUT2D eigenvalue weighted by Crippen LogP contribution is -2.44. The number of ether oxygens (including phenoxy) is 1. The summed E-state index contributed by atoms with van der Waals surface area (Å²) in [6, 6.07) is 0.313. The van der Waals surface area contributed by atoms with Crippen molar-refractivity contribution in [1.29, 1.82) is 0 Å². The Balaban J connectivity index is 1.73. The molecule has 0 aromatic carbocycles. The molecule has 12 heteroatoms. The number of imidazole rings is 1. The van der Waals surface area contributed by atoms with Gasteiger partial charge in [-0.3, -0.25) is 0 Å². The first-order valence-corrected chi connectivity index (χ1v) is 9.15. The molecule has 1 aliphatic rings. The van der Waals surface area contributed by atoms with Crippen LogP contribution in [0.1, 0.15) is 18.5 Å². The van der Waals surface area contributed by atoms with Gasteiger partial charge in [0, 0.05) is 26.0 Å². The van der Waals surface area contributed by atoms with E-state index in [1.807, 2.05) is 0 Å². The molecule has 3 heterocycles. The highest BCUT2D eigenvalue weighted by molar-refractivity contribution is 7.89. The molecule has 1 saturated heterocycles. The summed E-state index contributed by atoms with van der Waals surface area (Å²) in [4.78, 5) is 10.9. The summed E-state index contributed by atoms with van der Waals surface area (Å²) in [5.74, 6) is 0. The van der Waals surface area contributed by atoms with E-state index in [1.54, 1.807) is 7.05 Å². The van der Waals surface area contributed by atoms with E-state index in [0.717, 1.165) is 12.3 Å². The van der Waals surface area contributed by atoms with Crippen LogP contribution in [0.2, 0.25) is 0 Å². The van der Waals surface area contributed by atoms with Crippen LogP contribution < -0.4 is 4.74 Å². The highest BCUT2D eigenvalue weighted by atomic mass is 32.2. The summed E-state index contributed by atoms with van der Waals surface area (Å²) in [6.07, 6.45) is -0.565. The number of aromatic nitrogens is 4. The quantitative estimate of drug-likeness (QED) is 0.784. The average Bonchev–Trinajstić information content (AvgIpc) is 3.02. The number of aryl methyl sites for hydroxylation is 1. The summed E-state index contributed by atoms with van der Waals surface area (Å²) in [5, 5.41) is -0.0871. The van der Waals surface area contributed by atoms with Gasteiger partial charge in [-0.2, -0.15) is 22.5 Å². The third kappa shape index (κ3) is 3.96. The first-order valence-electron chi connectivity index (χ1n) is 7.71. The largest absolute Gasteiger partial charge is 0.459 e. The molecule has 2 aromatic rings. The minimum Gasteiger partial charge on any atom is -0.459 e. The van der Waals surface area contributed by atoms with Gasteiger partial charge in [-0.25, -0.2) is 18.4 Å². The van der Waals surface area contributed by atoms with Crippen molar-refractivity contribution in [3.05, 3.63) is 30.5 Å². The molecule has 2 aromatic heterocycles. The second kappa shape index (κ2) is 6.83. The summed E-state index contributed by atoms with van der Waals surface area (Å²) >= 11 is 0. The zero-order chi connectivity index (χ0) is 18.9. The predicted molar refractivity (Wildman–Crippen MR) is 82.7 cm³/mol. The molecular weight excluding hydrogens is 375 g/mol. The van der Waals surface area contributed by atoms with Gasteiger partial charge in [0.25, 0.3) is 10.0 Å². The second-order valence-electron chi connectivity index (χ2n) is 5.84. The Morgan fingerprint density at radius 2 is 2.08 bits per heavy atom. The monoisotopic (exact) mass is 391 g/mol. The maximum atomic E-state index is 12.7. The third-order valence-corrected chi connectivity index (χ3v) is 5.57. The fourth-order valence-corrected chi connectivity index (χ4v) is 4.05. The van der Waals surface area contributed by atoms with E-state index >= 15 is 0 Å². The minimum atomic E-state index is -4.61. The topological polar surface area (TPSA) is 90.2 Å². The van der Waals surface area contributed by atoms with Crippen LogP contribution in [0.15, 0.2) is 29.8 Å². The number of nitrogens with zero attached hydrogens (tertiary/aromatic N) is 5. The van der Waals surface area contributed by atoms with E-state index in [9.17, 15) is 21.6 Å². The summed E-state index contributed by atoms with van der Waals surface area (Å²) in [5.41, 5.74) is -1.11. The molecule has 0 radical (unpaired) electrons. The van der Waals surface area contributed by atoms with E-state index in [2.05, 4.69) is 15.0 Å². The SMILES string of the molecule is Cn1cnc(S(=O)(=O)N2CCCC(Oc3nccc(C(F)(F)F)n3)C2)c1. The van der Waals surface area contributed by atoms with Gasteiger partial charge in [-0.05, 0) is 18.9 Å². The average molecular weight is 391 g/mol. The Hall–Kier alpha value is -2.21. The van der Waals surface area contributed by atoms with Crippen molar-refractivity contribution < 1.29 is 26.3 Å². The Morgan fingerprint density at radius 1 is 1.31 bits per heavy atom. The fraction of sp³-hybridized carbons (Fsp3) is 0.500. The number of rotatable bonds is 4. The molecule has 0 amide bonds. The Bertz CT molecular complexity index is 884. The zero-order valence-electron chi connectivity index (χ0n) is 13.7. The predicted octanol–water partition coefficient (Wildman–Crippen LogP) is 1.46. The first kappa shape index (κ1) is 18.6. The molecule has 1 aliphatic heterocycles. The molecule has 0 saturated carbocycles. The maximum Gasteiger partial charge on any atom is 0.433 e. The van der Waals surface area contributed by atoms with E-state index < -0.39 is 34.0 Å². The number of alkyl halides is 3. The van der Waals surface area contributed by atoms with Gasteiger partial charge in [0.15, 0.2) is 10.7 Å². The number of hydrogen-bond acceptors (Lipinski definition) is 6. The van der Waals surface area contributed by atoms with Crippen LogP contribution in [0.5, 0.6) is 6.01 Å². The van der Waals surface area contributed by atoms with Gasteiger partial charge >= 0.3 is 12.2 Å². The summed E-state index contributed by atoms with van der Waals surface area (Å²) in [6.45, 7) is 0.265. The number of hydrogen-bond donors (Lipinski definition) is 0. The molecule has 1 atom stereocenters. The highest BCUT2D eigenvalue weighted by Crippen LogP contribution is 2.28. The van der Waals surface area contributed by atoms with Crippen LogP contribution in [-0.4, -0.2) is 51.4 Å². The molecule has 3 rings (SSSR count). The van der Waals surface area contributed by atoms with Crippen molar-refractivity contribution in [1.82, 2.24) is 23.8 Å². The van der Waals surface area contributed by atoms with Gasteiger partial charge < -0.3 is 9.30 Å². The van der Waals surface area contributed by atoms with Crippen molar-refractivity contribution in [3.63, 3.8) is 0 Å². The second-order valence-corrected chi connectivity index (χ2v) is 7.73. The third-order valence-electron chi connectivity index (χ3n) is 3.82. The smallest absolute Gasteiger partial charge is 0.433 e. The van der Waals surface area contributed by atoms with Gasteiger partial charge in [0.05, 0.1) is 12.9 Å². The van der Waals surface area contributed by atoms with Gasteiger partial charge in [-0.1, -0.05) is 0 Å². The van der Waals surface area contributed by atoms with E-state index in [4.69, 9.17) is 4.74 Å². The molecule has 26 heavy (non-hydrogen) atoms. The summed E-state index contributed by atoms with van der Waals surface area (Å²) < 4.78 is 71.5. The minimum absolute atomic E-state index is 0.0154. The van der Waals surface area contributed by atoms with Gasteiger partial charge in [0.1, 0.15) is 6.10 Å². The zero-order valence-corrected chi connectivity index (χ0v) is 14.5. The maximum absolute atomic E-state index is 12.7. The molecule has 142 valence electrons. The number of sulfonamides is 1. The fourth-order valence-electron chi connectivity index (χ4n) is 2.58. The lowest BCUT2D eigenvalue weighted by atomic mass is 10.1. The van der Waals surface area contributed by atoms with Gasteiger partial charge in [-0.15, -0.1) is 0 Å². The molecule has 0 bridgehead atoms. The van der Waals surface area contributed by atoms with Crippen LogP contribution in [-0.2, 0) is 23.2 Å². The van der Waals surface area contributed by atoms with Crippen molar-refractivity contribution in [2.24, 2.45) is 7.05 Å². The Labute approximate surface area is 147 Å². The molecule has 1 fully saturated rings. The van der Waals surface area contributed by atoms with Crippen LogP contribution >= 0.6 is 0 Å². The van der Waals surface area contributed by atoms with Crippen LogP contribution in [0.3, 0.4) is 0 Å². The Morgan fingerprint density at radius 3 is 2.73 bits per heavy atom. The van der Waals surface area contributed by atoms with Crippen molar-refractivity contribution in [3.8, 4) is 6.01 Å². The van der Waals surface area contributed by atoms with Crippen molar-refractivity contribution >= 4 is 10.0 Å². The molecular formula is C14H16F3N5O3S. The van der Waals surface area contributed by atoms with Crippen LogP contribution in [0.25, 0.3) is 0 Å². The van der Waals surface area contributed by atoms with Gasteiger partial charge in [0.2, 0.25) is 0 Å². The van der Waals surface area contributed by atoms with Crippen molar-refractivity contribution in [2.45, 2.75) is 30.1 Å². The molecule has 0 N–H and O–H groups in total. The number of piperidine rings is 1. The molecule has 0 spiro atoms. The molecule has 8 nitrogen and oxygen atoms in total. The Kier molecular flexibility index (Phi) is 4.88. The standard InChI is InChI=1S/C14H16F3N5O3S/c1-21-8-12(19-9-21)26(23,24)22-6-2-3-10(7-22)25-13-18-5-4-11(20-13)14(15,16)17/h4-5,8-10H,2-3,6-7H2,1H3. The van der Waals surface area contributed by atoms with Crippen LogP contribution in [0, 0.1) is 0 Å². The first-order chi connectivity index (χ1) is 12.2. The molecule has 1 unspecified atom stereocenters. The van der Waals surface area contributed by atoms with E-state index in [1.165, 1.54) is 21.4 Å². The van der Waals surface area contributed by atoms with E-state index in [0.29, 0.717) is 12.8 Å².